The molecule has 1 rings (SSSR count). The second-order valence-corrected chi connectivity index (χ2v) is 3.87. The summed E-state index contributed by atoms with van der Waals surface area (Å²) in [7, 11) is 0. The maximum Gasteiger partial charge on any atom is 0.239 e. The van der Waals surface area contributed by atoms with Gasteiger partial charge in [-0.2, -0.15) is 0 Å². The molecule has 0 aliphatic rings. The molecule has 0 N–H and O–H groups in total. The Balaban J connectivity index is 3.67. The standard InChI is InChI=1S/C8H4Br2O2/c9-5-2-1-3-6(10)8(12)7(11)4-5/h1-4H. The molecule has 0 aliphatic carbocycles. The first-order valence-electron chi connectivity index (χ1n) is 3.11. The Kier molecular flexibility index (Phi) is 3.17. The first-order valence-corrected chi connectivity index (χ1v) is 4.69. The lowest BCUT2D eigenvalue weighted by molar-refractivity contribution is 1.45. The van der Waals surface area contributed by atoms with Gasteiger partial charge in [0.05, 0.1) is 4.47 Å². The van der Waals surface area contributed by atoms with Gasteiger partial charge in [-0.05, 0) is 28.1 Å². The SMILES string of the molecule is O=c1cc(Br)cccc(Br)c1=O. The van der Waals surface area contributed by atoms with Gasteiger partial charge in [-0.1, -0.05) is 22.0 Å². The van der Waals surface area contributed by atoms with Crippen molar-refractivity contribution in [2.75, 3.05) is 0 Å². The summed E-state index contributed by atoms with van der Waals surface area (Å²) in [6.07, 6.45) is 0. The molecule has 0 atom stereocenters. The predicted octanol–water partition coefficient (Wildman–Crippen LogP) is 1.93. The number of hydrogen-bond donors (Lipinski definition) is 0. The maximum absolute atomic E-state index is 11.1. The molecule has 0 heterocycles. The van der Waals surface area contributed by atoms with E-state index in [1.165, 1.54) is 12.1 Å². The third-order valence-electron chi connectivity index (χ3n) is 1.21. The zero-order valence-electron chi connectivity index (χ0n) is 5.88. The molecule has 4 heteroatoms. The van der Waals surface area contributed by atoms with E-state index >= 15 is 0 Å². The summed E-state index contributed by atoms with van der Waals surface area (Å²) in [6.45, 7) is 0. The zero-order valence-corrected chi connectivity index (χ0v) is 9.05. The Morgan fingerprint density at radius 2 is 1.75 bits per heavy atom. The number of hydrogen-bond acceptors (Lipinski definition) is 2. The predicted molar refractivity (Wildman–Crippen MR) is 54.4 cm³/mol. The molecule has 1 aromatic rings. The highest BCUT2D eigenvalue weighted by Gasteiger charge is 1.95. The summed E-state index contributed by atoms with van der Waals surface area (Å²) in [4.78, 5) is 22.1. The number of halogens is 2. The van der Waals surface area contributed by atoms with Crippen LogP contribution in [0.4, 0.5) is 0 Å². The summed E-state index contributed by atoms with van der Waals surface area (Å²) in [5.41, 5.74) is -1.06. The zero-order chi connectivity index (χ0) is 9.14. The molecule has 0 spiro atoms. The highest BCUT2D eigenvalue weighted by Crippen LogP contribution is 2.04. The fourth-order valence-electron chi connectivity index (χ4n) is 0.657. The van der Waals surface area contributed by atoms with Crippen molar-refractivity contribution in [2.45, 2.75) is 0 Å². The minimum Gasteiger partial charge on any atom is -0.285 e. The van der Waals surface area contributed by atoms with Gasteiger partial charge in [0.15, 0.2) is 0 Å². The Hall–Kier alpha value is -0.480. The van der Waals surface area contributed by atoms with Gasteiger partial charge in [0.2, 0.25) is 10.9 Å². The Bertz CT molecular complexity index is 415. The van der Waals surface area contributed by atoms with Crippen LogP contribution in [-0.2, 0) is 0 Å². The lowest BCUT2D eigenvalue weighted by atomic mass is 10.4. The Morgan fingerprint density at radius 3 is 2.42 bits per heavy atom. The van der Waals surface area contributed by atoms with Crippen LogP contribution in [0.1, 0.15) is 0 Å². The molecule has 0 aromatic heterocycles. The van der Waals surface area contributed by atoms with E-state index < -0.39 is 10.9 Å². The van der Waals surface area contributed by atoms with Crippen LogP contribution >= 0.6 is 31.9 Å². The third-order valence-corrected chi connectivity index (χ3v) is 2.33. The molecule has 12 heavy (non-hydrogen) atoms. The summed E-state index contributed by atoms with van der Waals surface area (Å²) in [6, 6.07) is 6.14. The van der Waals surface area contributed by atoms with Crippen molar-refractivity contribution in [3.8, 4) is 0 Å². The van der Waals surface area contributed by atoms with Crippen LogP contribution in [0.5, 0.6) is 0 Å². The van der Waals surface area contributed by atoms with Crippen molar-refractivity contribution in [3.63, 3.8) is 0 Å². The van der Waals surface area contributed by atoms with Gasteiger partial charge < -0.3 is 0 Å². The van der Waals surface area contributed by atoms with Gasteiger partial charge in [0, 0.05) is 10.5 Å². The summed E-state index contributed by atoms with van der Waals surface area (Å²) >= 11 is 6.11. The van der Waals surface area contributed by atoms with Gasteiger partial charge in [-0.3, -0.25) is 9.59 Å². The molecule has 0 saturated carbocycles. The normalized spacial score (nSPS) is 9.50. The van der Waals surface area contributed by atoms with Crippen LogP contribution in [0.15, 0.2) is 42.8 Å². The fraction of sp³-hybridized carbons (Fsp3) is 0. The van der Waals surface area contributed by atoms with Crippen molar-refractivity contribution in [3.05, 3.63) is 53.7 Å². The average molecular weight is 292 g/mol. The molecule has 0 fully saturated rings. The molecule has 62 valence electrons. The van der Waals surface area contributed by atoms with Crippen LogP contribution in [0, 0.1) is 0 Å². The van der Waals surface area contributed by atoms with Crippen LogP contribution in [0.25, 0.3) is 0 Å². The molecular weight excluding hydrogens is 288 g/mol. The van der Waals surface area contributed by atoms with E-state index in [0.29, 0.717) is 4.47 Å². The minimum absolute atomic E-state index is 0.278. The average Bonchev–Trinajstić information content (AvgIpc) is 2.01. The van der Waals surface area contributed by atoms with Crippen LogP contribution in [0.2, 0.25) is 0 Å². The molecule has 0 unspecified atom stereocenters. The second-order valence-electron chi connectivity index (χ2n) is 2.10. The van der Waals surface area contributed by atoms with E-state index in [9.17, 15) is 9.59 Å². The first-order chi connectivity index (χ1) is 5.61. The second kappa shape index (κ2) is 3.96. The molecule has 0 radical (unpaired) electrons. The van der Waals surface area contributed by atoms with Gasteiger partial charge in [0.25, 0.3) is 0 Å². The van der Waals surface area contributed by atoms with E-state index in [-0.39, 0.29) is 4.47 Å². The van der Waals surface area contributed by atoms with E-state index in [2.05, 4.69) is 31.9 Å². The lowest BCUT2D eigenvalue weighted by Crippen LogP contribution is -2.21. The third kappa shape index (κ3) is 2.25. The van der Waals surface area contributed by atoms with Crippen LogP contribution < -0.4 is 10.9 Å². The van der Waals surface area contributed by atoms with Crippen molar-refractivity contribution in [1.29, 1.82) is 0 Å². The summed E-state index contributed by atoms with van der Waals surface area (Å²) in [5.74, 6) is 0. The molecule has 0 aliphatic heterocycles. The molecule has 0 amide bonds. The minimum atomic E-state index is -0.533. The summed E-state index contributed by atoms with van der Waals surface area (Å²) < 4.78 is 0.872. The smallest absolute Gasteiger partial charge is 0.239 e. The van der Waals surface area contributed by atoms with Crippen molar-refractivity contribution in [1.82, 2.24) is 0 Å². The van der Waals surface area contributed by atoms with Crippen molar-refractivity contribution in [2.24, 2.45) is 0 Å². The van der Waals surface area contributed by atoms with Crippen molar-refractivity contribution >= 4 is 31.9 Å². The topological polar surface area (TPSA) is 34.1 Å². The van der Waals surface area contributed by atoms with E-state index in [1.54, 1.807) is 12.1 Å². The monoisotopic (exact) mass is 290 g/mol. The van der Waals surface area contributed by atoms with E-state index in [4.69, 9.17) is 0 Å². The Labute approximate surface area is 85.5 Å². The van der Waals surface area contributed by atoms with Gasteiger partial charge >= 0.3 is 0 Å². The van der Waals surface area contributed by atoms with Crippen LogP contribution in [0.3, 0.4) is 0 Å². The molecule has 0 saturated heterocycles. The maximum atomic E-state index is 11.1. The number of rotatable bonds is 0. The molecule has 1 aromatic carbocycles. The van der Waals surface area contributed by atoms with Gasteiger partial charge in [-0.15, -0.1) is 0 Å². The first kappa shape index (κ1) is 9.61. The lowest BCUT2D eigenvalue weighted by Gasteiger charge is -1.82. The van der Waals surface area contributed by atoms with Crippen molar-refractivity contribution < 1.29 is 0 Å². The largest absolute Gasteiger partial charge is 0.285 e. The van der Waals surface area contributed by atoms with E-state index in [0.717, 1.165) is 0 Å². The fourth-order valence-corrected chi connectivity index (χ4v) is 1.37. The molecule has 0 bridgehead atoms. The Morgan fingerprint density at radius 1 is 1.08 bits per heavy atom. The van der Waals surface area contributed by atoms with Crippen LogP contribution in [-0.4, -0.2) is 0 Å². The van der Waals surface area contributed by atoms with E-state index in [1.807, 2.05) is 0 Å². The van der Waals surface area contributed by atoms with Gasteiger partial charge in [-0.25, -0.2) is 0 Å². The quantitative estimate of drug-likeness (QED) is 0.685. The molecule has 2 nitrogen and oxygen atoms in total. The summed E-state index contributed by atoms with van der Waals surface area (Å²) in [5, 5.41) is 0. The highest BCUT2D eigenvalue weighted by atomic mass is 79.9. The molecular formula is C8H4Br2O2. The van der Waals surface area contributed by atoms with Gasteiger partial charge in [0.1, 0.15) is 0 Å². The highest BCUT2D eigenvalue weighted by molar-refractivity contribution is 9.10.